The summed E-state index contributed by atoms with van der Waals surface area (Å²) in [6.45, 7) is 2.20. The molecule has 1 saturated carbocycles. The molecule has 2 heterocycles. The molecule has 4 heteroatoms. The average Bonchev–Trinajstić information content (AvgIpc) is 3.34. The lowest BCUT2D eigenvalue weighted by atomic mass is 10.0. The SMILES string of the molecule is CCC(c1ccncc1)N(C)c1ccnc(C2CC2)n1. The fourth-order valence-corrected chi connectivity index (χ4v) is 2.58. The van der Waals surface area contributed by atoms with E-state index in [4.69, 9.17) is 4.98 Å². The van der Waals surface area contributed by atoms with Crippen molar-refractivity contribution < 1.29 is 0 Å². The molecule has 0 aliphatic heterocycles. The molecule has 4 nitrogen and oxygen atoms in total. The number of aromatic nitrogens is 3. The molecular weight excluding hydrogens is 248 g/mol. The molecular formula is C16H20N4. The van der Waals surface area contributed by atoms with Gasteiger partial charge in [0.15, 0.2) is 0 Å². The highest BCUT2D eigenvalue weighted by molar-refractivity contribution is 5.41. The minimum absolute atomic E-state index is 0.319. The van der Waals surface area contributed by atoms with Gasteiger partial charge >= 0.3 is 0 Å². The van der Waals surface area contributed by atoms with Crippen LogP contribution in [0.25, 0.3) is 0 Å². The molecule has 20 heavy (non-hydrogen) atoms. The van der Waals surface area contributed by atoms with Gasteiger partial charge in [0.25, 0.3) is 0 Å². The molecule has 104 valence electrons. The Kier molecular flexibility index (Phi) is 3.63. The monoisotopic (exact) mass is 268 g/mol. The first kappa shape index (κ1) is 13.0. The van der Waals surface area contributed by atoms with Gasteiger partial charge in [-0.2, -0.15) is 0 Å². The fraction of sp³-hybridized carbons (Fsp3) is 0.438. The van der Waals surface area contributed by atoms with Crippen LogP contribution in [0.1, 0.15) is 49.5 Å². The van der Waals surface area contributed by atoms with Gasteiger partial charge in [0, 0.05) is 31.6 Å². The van der Waals surface area contributed by atoms with Crippen LogP contribution in [0.2, 0.25) is 0 Å². The van der Waals surface area contributed by atoms with E-state index in [1.54, 1.807) is 0 Å². The van der Waals surface area contributed by atoms with E-state index in [1.807, 2.05) is 24.7 Å². The van der Waals surface area contributed by atoms with Crippen LogP contribution in [0.5, 0.6) is 0 Å². The first-order valence-corrected chi connectivity index (χ1v) is 7.25. The number of rotatable bonds is 5. The second kappa shape index (κ2) is 5.57. The Hall–Kier alpha value is -1.97. The first-order chi connectivity index (χ1) is 9.79. The van der Waals surface area contributed by atoms with Crippen molar-refractivity contribution in [3.8, 4) is 0 Å². The summed E-state index contributed by atoms with van der Waals surface area (Å²) in [5, 5.41) is 0. The molecule has 1 fully saturated rings. The number of anilines is 1. The number of hydrogen-bond acceptors (Lipinski definition) is 4. The zero-order valence-corrected chi connectivity index (χ0v) is 12.0. The van der Waals surface area contributed by atoms with E-state index in [0.717, 1.165) is 18.1 Å². The largest absolute Gasteiger partial charge is 0.353 e. The van der Waals surface area contributed by atoms with Crippen LogP contribution >= 0.6 is 0 Å². The van der Waals surface area contributed by atoms with E-state index < -0.39 is 0 Å². The van der Waals surface area contributed by atoms with Crippen molar-refractivity contribution in [1.82, 2.24) is 15.0 Å². The fourth-order valence-electron chi connectivity index (χ4n) is 2.58. The summed E-state index contributed by atoms with van der Waals surface area (Å²) in [5.41, 5.74) is 1.27. The van der Waals surface area contributed by atoms with Crippen molar-refractivity contribution in [3.05, 3.63) is 48.2 Å². The summed E-state index contributed by atoms with van der Waals surface area (Å²) in [7, 11) is 2.10. The molecule has 0 radical (unpaired) electrons. The Bertz CT molecular complexity index is 566. The van der Waals surface area contributed by atoms with Crippen molar-refractivity contribution in [2.45, 2.75) is 38.1 Å². The summed E-state index contributed by atoms with van der Waals surface area (Å²) in [6.07, 6.45) is 9.07. The van der Waals surface area contributed by atoms with E-state index in [0.29, 0.717) is 12.0 Å². The van der Waals surface area contributed by atoms with Gasteiger partial charge < -0.3 is 4.90 Å². The highest BCUT2D eigenvalue weighted by Crippen LogP contribution is 2.38. The van der Waals surface area contributed by atoms with Gasteiger partial charge in [-0.25, -0.2) is 9.97 Å². The van der Waals surface area contributed by atoms with Crippen LogP contribution in [0.3, 0.4) is 0 Å². The lowest BCUT2D eigenvalue weighted by molar-refractivity contribution is 0.638. The first-order valence-electron chi connectivity index (χ1n) is 7.25. The van der Waals surface area contributed by atoms with Crippen LogP contribution in [0.15, 0.2) is 36.8 Å². The third kappa shape index (κ3) is 2.64. The number of pyridine rings is 1. The summed E-state index contributed by atoms with van der Waals surface area (Å²) in [4.78, 5) is 15.5. The van der Waals surface area contributed by atoms with E-state index >= 15 is 0 Å². The molecule has 0 aromatic carbocycles. The van der Waals surface area contributed by atoms with Crippen LogP contribution in [0.4, 0.5) is 5.82 Å². The minimum Gasteiger partial charge on any atom is -0.353 e. The Labute approximate surface area is 119 Å². The van der Waals surface area contributed by atoms with Crippen LogP contribution in [-0.4, -0.2) is 22.0 Å². The maximum absolute atomic E-state index is 4.73. The van der Waals surface area contributed by atoms with Crippen LogP contribution in [0, 0.1) is 0 Å². The summed E-state index contributed by atoms with van der Waals surface area (Å²) in [6, 6.07) is 6.47. The standard InChI is InChI=1S/C16H20N4/c1-3-14(12-6-9-17-10-7-12)20(2)15-8-11-18-16(19-15)13-4-5-13/h6-11,13-14H,3-5H2,1-2H3. The van der Waals surface area contributed by atoms with Crippen molar-refractivity contribution in [3.63, 3.8) is 0 Å². The number of hydrogen-bond donors (Lipinski definition) is 0. The molecule has 1 unspecified atom stereocenters. The Morgan fingerprint density at radius 3 is 2.60 bits per heavy atom. The lowest BCUT2D eigenvalue weighted by Gasteiger charge is -2.28. The second-order valence-corrected chi connectivity index (χ2v) is 5.36. The van der Waals surface area contributed by atoms with Crippen LogP contribution in [-0.2, 0) is 0 Å². The highest BCUT2D eigenvalue weighted by Gasteiger charge is 2.27. The zero-order valence-electron chi connectivity index (χ0n) is 12.0. The van der Waals surface area contributed by atoms with E-state index in [-0.39, 0.29) is 0 Å². The topological polar surface area (TPSA) is 41.9 Å². The molecule has 2 aromatic rings. The maximum Gasteiger partial charge on any atom is 0.133 e. The normalized spacial score (nSPS) is 15.9. The van der Waals surface area contributed by atoms with Gasteiger partial charge in [0.2, 0.25) is 0 Å². The van der Waals surface area contributed by atoms with Gasteiger partial charge in [0.05, 0.1) is 6.04 Å². The maximum atomic E-state index is 4.73. The lowest BCUT2D eigenvalue weighted by Crippen LogP contribution is -2.25. The van der Waals surface area contributed by atoms with Gasteiger partial charge in [-0.1, -0.05) is 6.92 Å². The van der Waals surface area contributed by atoms with E-state index in [2.05, 4.69) is 41.0 Å². The third-order valence-electron chi connectivity index (χ3n) is 3.91. The Morgan fingerprint density at radius 1 is 1.20 bits per heavy atom. The molecule has 1 aliphatic rings. The molecule has 0 N–H and O–H groups in total. The smallest absolute Gasteiger partial charge is 0.133 e. The Morgan fingerprint density at radius 2 is 1.95 bits per heavy atom. The molecule has 0 saturated heterocycles. The minimum atomic E-state index is 0.319. The van der Waals surface area contributed by atoms with Crippen molar-refractivity contribution >= 4 is 5.82 Å². The molecule has 1 aliphatic carbocycles. The van der Waals surface area contributed by atoms with E-state index in [1.165, 1.54) is 18.4 Å². The molecule has 2 aromatic heterocycles. The van der Waals surface area contributed by atoms with Crippen molar-refractivity contribution in [2.75, 3.05) is 11.9 Å². The Balaban J connectivity index is 1.86. The summed E-state index contributed by atoms with van der Waals surface area (Å²) >= 11 is 0. The third-order valence-corrected chi connectivity index (χ3v) is 3.91. The highest BCUT2D eigenvalue weighted by atomic mass is 15.2. The van der Waals surface area contributed by atoms with Crippen LogP contribution < -0.4 is 4.90 Å². The van der Waals surface area contributed by atoms with Gasteiger partial charge in [-0.3, -0.25) is 4.98 Å². The average molecular weight is 268 g/mol. The predicted molar refractivity (Wildman–Crippen MR) is 79.7 cm³/mol. The molecule has 1 atom stereocenters. The molecule has 0 spiro atoms. The predicted octanol–water partition coefficient (Wildman–Crippen LogP) is 3.34. The summed E-state index contributed by atoms with van der Waals surface area (Å²) in [5.74, 6) is 2.59. The van der Waals surface area contributed by atoms with Gasteiger partial charge in [0.1, 0.15) is 11.6 Å². The second-order valence-electron chi connectivity index (χ2n) is 5.36. The van der Waals surface area contributed by atoms with E-state index in [9.17, 15) is 0 Å². The van der Waals surface area contributed by atoms with Crippen molar-refractivity contribution in [2.24, 2.45) is 0 Å². The van der Waals surface area contributed by atoms with Crippen molar-refractivity contribution in [1.29, 1.82) is 0 Å². The molecule has 0 amide bonds. The van der Waals surface area contributed by atoms with Gasteiger partial charge in [-0.15, -0.1) is 0 Å². The molecule has 3 rings (SSSR count). The number of nitrogens with zero attached hydrogens (tertiary/aromatic N) is 4. The molecule has 0 bridgehead atoms. The van der Waals surface area contributed by atoms with Gasteiger partial charge in [-0.05, 0) is 43.0 Å². The summed E-state index contributed by atoms with van der Waals surface area (Å²) < 4.78 is 0. The quantitative estimate of drug-likeness (QED) is 0.834. The zero-order chi connectivity index (χ0) is 13.9.